The number of pyridine rings is 1. The number of allylic oxidation sites excluding steroid dienone is 2. The maximum absolute atomic E-state index is 13.1. The lowest BCUT2D eigenvalue weighted by atomic mass is 9.93. The van der Waals surface area contributed by atoms with Gasteiger partial charge in [-0.3, -0.25) is 0 Å². The first-order chi connectivity index (χ1) is 14.3. The van der Waals surface area contributed by atoms with E-state index >= 15 is 0 Å². The van der Waals surface area contributed by atoms with E-state index in [1.54, 1.807) is 24.2 Å². The van der Waals surface area contributed by atoms with Crippen molar-refractivity contribution in [3.05, 3.63) is 77.1 Å². The van der Waals surface area contributed by atoms with Gasteiger partial charge in [-0.25, -0.2) is 4.98 Å². The largest absolute Gasteiger partial charge is 0.441 e. The number of benzene rings is 1. The number of aromatic nitrogens is 2. The predicted octanol–water partition coefficient (Wildman–Crippen LogP) is 5.02. The number of nitrogens with one attached hydrogen (secondary N) is 1. The third kappa shape index (κ3) is 3.60. The highest BCUT2D eigenvalue weighted by molar-refractivity contribution is 5.82. The Morgan fingerprint density at radius 3 is 2.63 bits per heavy atom. The van der Waals surface area contributed by atoms with E-state index in [-0.39, 0.29) is 5.75 Å². The van der Waals surface area contributed by atoms with Crippen LogP contribution in [-0.4, -0.2) is 16.8 Å². The van der Waals surface area contributed by atoms with Crippen molar-refractivity contribution < 1.29 is 22.7 Å². The van der Waals surface area contributed by atoms with Crippen LogP contribution in [-0.2, 0) is 6.18 Å². The second-order valence-corrected chi connectivity index (χ2v) is 7.11. The van der Waals surface area contributed by atoms with Crippen LogP contribution in [0.5, 0.6) is 5.75 Å². The summed E-state index contributed by atoms with van der Waals surface area (Å²) in [6.45, 7) is 3.87. The molecule has 0 aromatic heterocycles. The minimum Gasteiger partial charge on any atom is -0.441 e. The van der Waals surface area contributed by atoms with E-state index in [4.69, 9.17) is 9.57 Å². The van der Waals surface area contributed by atoms with Gasteiger partial charge in [-0.05, 0) is 49.7 Å². The van der Waals surface area contributed by atoms with Crippen LogP contribution in [0.4, 0.5) is 13.2 Å². The van der Waals surface area contributed by atoms with Crippen LogP contribution >= 0.6 is 0 Å². The normalized spacial score (nSPS) is 14.5. The summed E-state index contributed by atoms with van der Waals surface area (Å²) >= 11 is 0. The number of fused-ring (bicyclic) bond motifs is 1. The molecule has 3 aliphatic heterocycles. The monoisotopic (exact) mass is 415 g/mol. The van der Waals surface area contributed by atoms with Gasteiger partial charge in [0.25, 0.3) is 0 Å². The van der Waals surface area contributed by atoms with Crippen molar-refractivity contribution in [1.29, 1.82) is 0 Å². The highest BCUT2D eigenvalue weighted by atomic mass is 19.4. The molecule has 0 saturated heterocycles. The molecule has 30 heavy (non-hydrogen) atoms. The fourth-order valence-corrected chi connectivity index (χ4v) is 3.54. The summed E-state index contributed by atoms with van der Waals surface area (Å²) in [5, 5.41) is 3.08. The van der Waals surface area contributed by atoms with E-state index in [9.17, 15) is 13.2 Å². The van der Waals surface area contributed by atoms with Gasteiger partial charge < -0.3 is 14.9 Å². The van der Waals surface area contributed by atoms with Gasteiger partial charge in [0.15, 0.2) is 5.82 Å². The molecule has 156 valence electrons. The Bertz CT molecular complexity index is 1130. The van der Waals surface area contributed by atoms with Crippen LogP contribution in [0.2, 0.25) is 0 Å². The molecule has 3 aliphatic rings. The van der Waals surface area contributed by atoms with E-state index < -0.39 is 11.7 Å². The second-order valence-electron chi connectivity index (χ2n) is 7.11. The minimum absolute atomic E-state index is 0.106. The average Bonchev–Trinajstić information content (AvgIpc) is 3.18. The lowest BCUT2D eigenvalue weighted by Gasteiger charge is -2.24. The number of hydrogen-bond donors (Lipinski definition) is 1. The SMILES string of the molecule is COn1c(C)cc(C2=C(Oc3cccc(C(F)(F)F)c3)NC=C(C)C2)c2ccnc1-2. The molecule has 0 spiro atoms. The van der Waals surface area contributed by atoms with Gasteiger partial charge in [-0.2, -0.15) is 17.9 Å². The first-order valence-corrected chi connectivity index (χ1v) is 9.30. The second kappa shape index (κ2) is 7.44. The molecule has 0 bridgehead atoms. The molecule has 1 aromatic carbocycles. The molecule has 0 amide bonds. The molecule has 8 heteroatoms. The number of rotatable bonds is 4. The third-order valence-electron chi connectivity index (χ3n) is 4.90. The Morgan fingerprint density at radius 2 is 1.90 bits per heavy atom. The van der Waals surface area contributed by atoms with Crippen molar-refractivity contribution in [1.82, 2.24) is 15.0 Å². The van der Waals surface area contributed by atoms with Crippen molar-refractivity contribution in [2.45, 2.75) is 26.4 Å². The summed E-state index contributed by atoms with van der Waals surface area (Å²) < 4.78 is 46.8. The number of halogens is 3. The lowest BCUT2D eigenvalue weighted by molar-refractivity contribution is -0.137. The minimum atomic E-state index is -4.44. The smallest absolute Gasteiger partial charge is 0.416 e. The summed E-state index contributed by atoms with van der Waals surface area (Å²) in [5.41, 5.74) is 3.71. The highest BCUT2D eigenvalue weighted by Gasteiger charge is 2.31. The number of hydrogen-bond acceptors (Lipinski definition) is 4. The quantitative estimate of drug-likeness (QED) is 0.650. The van der Waals surface area contributed by atoms with E-state index in [1.165, 1.54) is 12.1 Å². The summed E-state index contributed by atoms with van der Waals surface area (Å²) in [5.74, 6) is 1.15. The summed E-state index contributed by atoms with van der Waals surface area (Å²) in [6, 6.07) is 8.67. The lowest BCUT2D eigenvalue weighted by Crippen LogP contribution is -2.20. The Hall–Kier alpha value is -3.42. The predicted molar refractivity (Wildman–Crippen MR) is 107 cm³/mol. The molecular formula is C22H20F3N3O2. The van der Waals surface area contributed by atoms with Gasteiger partial charge in [0.1, 0.15) is 12.9 Å². The molecular weight excluding hydrogens is 395 g/mol. The summed E-state index contributed by atoms with van der Waals surface area (Å²) in [7, 11) is 1.57. The van der Waals surface area contributed by atoms with Crippen LogP contribution in [0.1, 0.15) is 30.2 Å². The fraction of sp³-hybridized carbons (Fsp3) is 0.227. The topological polar surface area (TPSA) is 48.3 Å². The molecule has 0 aliphatic carbocycles. The van der Waals surface area contributed by atoms with Crippen molar-refractivity contribution >= 4 is 5.57 Å². The van der Waals surface area contributed by atoms with Crippen molar-refractivity contribution in [2.75, 3.05) is 7.11 Å². The van der Waals surface area contributed by atoms with E-state index in [2.05, 4.69) is 10.3 Å². The summed E-state index contributed by atoms with van der Waals surface area (Å²) in [6.07, 6.45) is -0.378. The van der Waals surface area contributed by atoms with Crippen molar-refractivity contribution in [3.8, 4) is 17.1 Å². The van der Waals surface area contributed by atoms with Crippen LogP contribution in [0.25, 0.3) is 17.0 Å². The van der Waals surface area contributed by atoms with Crippen molar-refractivity contribution in [2.24, 2.45) is 0 Å². The molecule has 1 aromatic rings. The molecule has 1 N–H and O–H groups in total. The van der Waals surface area contributed by atoms with Gasteiger partial charge in [0, 0.05) is 30.0 Å². The number of aryl methyl sites for hydroxylation is 1. The molecule has 0 unspecified atom stereocenters. The van der Waals surface area contributed by atoms with Gasteiger partial charge in [0.05, 0.1) is 11.3 Å². The summed E-state index contributed by atoms with van der Waals surface area (Å²) in [4.78, 5) is 9.81. The van der Waals surface area contributed by atoms with E-state index in [0.29, 0.717) is 18.1 Å². The van der Waals surface area contributed by atoms with Crippen LogP contribution in [0.15, 0.2) is 60.3 Å². The van der Waals surface area contributed by atoms with Gasteiger partial charge in [-0.15, -0.1) is 0 Å². The van der Waals surface area contributed by atoms with E-state index in [0.717, 1.165) is 40.1 Å². The van der Waals surface area contributed by atoms with Crippen LogP contribution in [0, 0.1) is 6.92 Å². The third-order valence-corrected chi connectivity index (χ3v) is 4.90. The first kappa shape index (κ1) is 19.9. The van der Waals surface area contributed by atoms with Gasteiger partial charge in [-0.1, -0.05) is 11.6 Å². The van der Waals surface area contributed by atoms with Crippen molar-refractivity contribution in [3.63, 3.8) is 0 Å². The van der Waals surface area contributed by atoms with Crippen LogP contribution in [0.3, 0.4) is 0 Å². The highest BCUT2D eigenvalue weighted by Crippen LogP contribution is 2.38. The molecule has 0 saturated carbocycles. The maximum atomic E-state index is 13.1. The Balaban J connectivity index is 1.81. The molecule has 5 nitrogen and oxygen atoms in total. The molecule has 0 fully saturated rings. The van der Waals surface area contributed by atoms with E-state index in [1.807, 2.05) is 26.0 Å². The average molecular weight is 415 g/mol. The number of dihydropyridines is 1. The maximum Gasteiger partial charge on any atom is 0.416 e. The zero-order valence-corrected chi connectivity index (χ0v) is 16.7. The number of ether oxygens (including phenoxy) is 1. The molecule has 4 rings (SSSR count). The Kier molecular flexibility index (Phi) is 4.93. The molecule has 0 radical (unpaired) electrons. The number of alkyl halides is 3. The molecule has 3 heterocycles. The Labute approximate surface area is 171 Å². The Morgan fingerprint density at radius 1 is 1.10 bits per heavy atom. The number of nitrogens with zero attached hydrogens (tertiary/aromatic N) is 2. The first-order valence-electron chi connectivity index (χ1n) is 9.30. The standard InChI is InChI=1S/C22H20F3N3O2/c1-13-9-19(18-10-14(2)28(29-3)20-17(18)7-8-26-20)21(27-12-13)30-16-6-4-5-15(11-16)22(23,24)25/h4-8,10-12,27H,9H2,1-3H3. The van der Waals surface area contributed by atoms with Gasteiger partial charge >= 0.3 is 6.18 Å². The fourth-order valence-electron chi connectivity index (χ4n) is 3.54. The van der Waals surface area contributed by atoms with Crippen LogP contribution < -0.4 is 14.9 Å². The zero-order valence-electron chi connectivity index (χ0n) is 16.7. The molecule has 0 atom stereocenters. The zero-order chi connectivity index (χ0) is 21.5. The van der Waals surface area contributed by atoms with Gasteiger partial charge in [0.2, 0.25) is 5.88 Å².